The minimum absolute atomic E-state index is 0.109. The molecule has 1 aromatic rings. The lowest BCUT2D eigenvalue weighted by atomic mass is 10.0. The number of carbonyl (C=O) groups is 1. The first-order valence-electron chi connectivity index (χ1n) is 5.41. The predicted molar refractivity (Wildman–Crippen MR) is 61.8 cm³/mol. The summed E-state index contributed by atoms with van der Waals surface area (Å²) in [6, 6.07) is 0. The third kappa shape index (κ3) is 3.13. The molecule has 0 aliphatic carbocycles. The molecule has 1 aromatic heterocycles. The van der Waals surface area contributed by atoms with Crippen LogP contribution in [0, 0.1) is 0 Å². The summed E-state index contributed by atoms with van der Waals surface area (Å²) in [7, 11) is 0. The molecule has 0 aromatic carbocycles. The van der Waals surface area contributed by atoms with Crippen LogP contribution in [-0.4, -0.2) is 17.6 Å². The van der Waals surface area contributed by atoms with Crippen LogP contribution in [0.5, 0.6) is 0 Å². The molecule has 0 aliphatic rings. The van der Waals surface area contributed by atoms with Crippen LogP contribution in [0.1, 0.15) is 30.2 Å². The summed E-state index contributed by atoms with van der Waals surface area (Å²) in [6.45, 7) is 1.71. The van der Waals surface area contributed by atoms with Crippen molar-refractivity contribution in [3.8, 4) is 0 Å². The topological polar surface area (TPSA) is 91.2 Å². The number of pyridine rings is 1. The molecule has 18 heavy (non-hydrogen) atoms. The van der Waals surface area contributed by atoms with Gasteiger partial charge in [0.25, 0.3) is 6.43 Å². The number of halogens is 2. The number of esters is 1. The van der Waals surface area contributed by atoms with Gasteiger partial charge in [-0.2, -0.15) is 0 Å². The Hall–Kier alpha value is -1.76. The molecule has 0 atom stereocenters. The maximum Gasteiger partial charge on any atom is 0.311 e. The van der Waals surface area contributed by atoms with Gasteiger partial charge in [-0.1, -0.05) is 0 Å². The van der Waals surface area contributed by atoms with E-state index in [-0.39, 0.29) is 42.1 Å². The summed E-state index contributed by atoms with van der Waals surface area (Å²) in [4.78, 5) is 15.2. The summed E-state index contributed by atoms with van der Waals surface area (Å²) in [5.74, 6) is -0.537. The second kappa shape index (κ2) is 6.25. The lowest BCUT2D eigenvalue weighted by Crippen LogP contribution is -2.16. The second-order valence-corrected chi connectivity index (χ2v) is 3.54. The Morgan fingerprint density at radius 3 is 2.72 bits per heavy atom. The van der Waals surface area contributed by atoms with E-state index >= 15 is 0 Å². The molecular formula is C11H15F2N3O2. The smallest absolute Gasteiger partial charge is 0.311 e. The first-order valence-corrected chi connectivity index (χ1v) is 5.41. The molecule has 0 bridgehead atoms. The van der Waals surface area contributed by atoms with E-state index in [2.05, 4.69) is 4.98 Å². The highest BCUT2D eigenvalue weighted by molar-refractivity contribution is 5.73. The standard InChI is InChI=1S/C11H15F2N3O2/c1-2-18-9(17)3-8-6(4-14)10(11(12)13)7(15)5-16-8/h5,11H,2-4,14-15H2,1H3. The Labute approximate surface area is 103 Å². The number of nitrogen functional groups attached to an aromatic ring is 1. The summed E-state index contributed by atoms with van der Waals surface area (Å²) in [6.07, 6.45) is -1.84. The van der Waals surface area contributed by atoms with Gasteiger partial charge in [0.05, 0.1) is 30.6 Å². The number of rotatable bonds is 5. The molecule has 0 spiro atoms. The molecule has 5 nitrogen and oxygen atoms in total. The Kier molecular flexibility index (Phi) is 4.96. The highest BCUT2D eigenvalue weighted by Gasteiger charge is 2.21. The van der Waals surface area contributed by atoms with Crippen molar-refractivity contribution in [2.24, 2.45) is 5.73 Å². The van der Waals surface area contributed by atoms with Crippen molar-refractivity contribution in [3.05, 3.63) is 23.0 Å². The van der Waals surface area contributed by atoms with Crippen LogP contribution < -0.4 is 11.5 Å². The van der Waals surface area contributed by atoms with Gasteiger partial charge in [-0.25, -0.2) is 8.78 Å². The van der Waals surface area contributed by atoms with Crippen molar-refractivity contribution in [3.63, 3.8) is 0 Å². The number of hydrogen-bond donors (Lipinski definition) is 2. The summed E-state index contributed by atoms with van der Waals surface area (Å²) < 4.78 is 30.5. The number of nitrogens with two attached hydrogens (primary N) is 2. The van der Waals surface area contributed by atoms with Crippen LogP contribution in [0.3, 0.4) is 0 Å². The van der Waals surface area contributed by atoms with Crippen molar-refractivity contribution < 1.29 is 18.3 Å². The average molecular weight is 259 g/mol. The largest absolute Gasteiger partial charge is 0.466 e. The van der Waals surface area contributed by atoms with Gasteiger partial charge in [-0.15, -0.1) is 0 Å². The Morgan fingerprint density at radius 2 is 2.22 bits per heavy atom. The van der Waals surface area contributed by atoms with Gasteiger partial charge in [-0.3, -0.25) is 9.78 Å². The van der Waals surface area contributed by atoms with Crippen molar-refractivity contribution in [2.45, 2.75) is 26.3 Å². The van der Waals surface area contributed by atoms with Crippen LogP contribution in [0.25, 0.3) is 0 Å². The van der Waals surface area contributed by atoms with Gasteiger partial charge in [0, 0.05) is 12.1 Å². The molecule has 0 saturated carbocycles. The number of hydrogen-bond acceptors (Lipinski definition) is 5. The third-order valence-corrected chi connectivity index (χ3v) is 2.38. The Bertz CT molecular complexity index is 439. The SMILES string of the molecule is CCOC(=O)Cc1ncc(N)c(C(F)F)c1CN. The fraction of sp³-hybridized carbons (Fsp3) is 0.455. The Morgan fingerprint density at radius 1 is 1.56 bits per heavy atom. The fourth-order valence-corrected chi connectivity index (χ4v) is 1.61. The third-order valence-electron chi connectivity index (χ3n) is 2.38. The quantitative estimate of drug-likeness (QED) is 0.774. The number of carbonyl (C=O) groups excluding carboxylic acids is 1. The summed E-state index contributed by atoms with van der Waals surface area (Å²) in [5.41, 5.74) is 10.7. The molecule has 100 valence electrons. The molecule has 0 fully saturated rings. The molecule has 0 radical (unpaired) electrons. The second-order valence-electron chi connectivity index (χ2n) is 3.54. The minimum Gasteiger partial charge on any atom is -0.466 e. The van der Waals surface area contributed by atoms with E-state index in [0.29, 0.717) is 0 Å². The lowest BCUT2D eigenvalue weighted by molar-refractivity contribution is -0.142. The average Bonchev–Trinajstić information content (AvgIpc) is 2.30. The molecule has 0 saturated heterocycles. The maximum atomic E-state index is 12.9. The van der Waals surface area contributed by atoms with E-state index in [0.717, 1.165) is 6.20 Å². The van der Waals surface area contributed by atoms with E-state index in [4.69, 9.17) is 16.2 Å². The van der Waals surface area contributed by atoms with Crippen LogP contribution in [0.4, 0.5) is 14.5 Å². The molecule has 0 amide bonds. The van der Waals surface area contributed by atoms with Crippen LogP contribution >= 0.6 is 0 Å². The highest BCUT2D eigenvalue weighted by atomic mass is 19.3. The zero-order chi connectivity index (χ0) is 13.7. The molecule has 7 heteroatoms. The maximum absolute atomic E-state index is 12.9. The van der Waals surface area contributed by atoms with Crippen LogP contribution in [0.2, 0.25) is 0 Å². The Balaban J connectivity index is 3.13. The van der Waals surface area contributed by atoms with Crippen molar-refractivity contribution in [2.75, 3.05) is 12.3 Å². The molecule has 1 rings (SSSR count). The van der Waals surface area contributed by atoms with Gasteiger partial charge >= 0.3 is 5.97 Å². The first kappa shape index (κ1) is 14.3. The predicted octanol–water partition coefficient (Wildman–Crippen LogP) is 1.17. The molecule has 0 unspecified atom stereocenters. The van der Waals surface area contributed by atoms with Gasteiger partial charge in [0.2, 0.25) is 0 Å². The number of aromatic nitrogens is 1. The van der Waals surface area contributed by atoms with E-state index in [9.17, 15) is 13.6 Å². The van der Waals surface area contributed by atoms with E-state index in [1.165, 1.54) is 0 Å². The first-order chi connectivity index (χ1) is 8.51. The minimum atomic E-state index is -2.76. The van der Waals surface area contributed by atoms with Crippen molar-refractivity contribution >= 4 is 11.7 Å². The van der Waals surface area contributed by atoms with E-state index in [1.807, 2.05) is 0 Å². The molecular weight excluding hydrogens is 244 g/mol. The van der Waals surface area contributed by atoms with Gasteiger partial charge in [0.1, 0.15) is 0 Å². The molecule has 4 N–H and O–H groups in total. The number of alkyl halides is 2. The van der Waals surface area contributed by atoms with Crippen LogP contribution in [0.15, 0.2) is 6.20 Å². The normalized spacial score (nSPS) is 10.7. The van der Waals surface area contributed by atoms with Crippen molar-refractivity contribution in [1.82, 2.24) is 4.98 Å². The van der Waals surface area contributed by atoms with Crippen molar-refractivity contribution in [1.29, 1.82) is 0 Å². The number of ether oxygens (including phenoxy) is 1. The molecule has 1 heterocycles. The van der Waals surface area contributed by atoms with E-state index < -0.39 is 12.4 Å². The van der Waals surface area contributed by atoms with E-state index in [1.54, 1.807) is 6.92 Å². The number of nitrogens with zero attached hydrogens (tertiary/aromatic N) is 1. The van der Waals surface area contributed by atoms with Gasteiger partial charge < -0.3 is 16.2 Å². The van der Waals surface area contributed by atoms with Gasteiger partial charge in [-0.05, 0) is 12.5 Å². The molecule has 0 aliphatic heterocycles. The zero-order valence-electron chi connectivity index (χ0n) is 9.95. The summed E-state index contributed by atoms with van der Waals surface area (Å²) >= 11 is 0. The highest BCUT2D eigenvalue weighted by Crippen LogP contribution is 2.29. The monoisotopic (exact) mass is 259 g/mol. The summed E-state index contributed by atoms with van der Waals surface area (Å²) in [5, 5.41) is 0. The fourth-order valence-electron chi connectivity index (χ4n) is 1.61. The van der Waals surface area contributed by atoms with Crippen LogP contribution in [-0.2, 0) is 22.5 Å². The lowest BCUT2D eigenvalue weighted by Gasteiger charge is -2.14. The van der Waals surface area contributed by atoms with Gasteiger partial charge in [0.15, 0.2) is 0 Å². The zero-order valence-corrected chi connectivity index (χ0v) is 9.95. The number of anilines is 1.